The molecule has 0 aromatic heterocycles. The normalized spacial score (nSPS) is 14.0. The van der Waals surface area contributed by atoms with Crippen molar-refractivity contribution >= 4 is 5.97 Å². The molecule has 0 aliphatic rings. The molecule has 0 saturated carbocycles. The number of carbonyl (C=O) groups is 1. The van der Waals surface area contributed by atoms with Gasteiger partial charge in [0.2, 0.25) is 0 Å². The summed E-state index contributed by atoms with van der Waals surface area (Å²) in [6, 6.07) is 5.84. The second-order valence-electron chi connectivity index (χ2n) is 5.00. The summed E-state index contributed by atoms with van der Waals surface area (Å²) < 4.78 is 23.5. The first-order chi connectivity index (χ1) is 8.88. The number of carbonyl (C=O) groups excluding carboxylic acids is 1. The van der Waals surface area contributed by atoms with Crippen LogP contribution in [0.25, 0.3) is 0 Å². The van der Waals surface area contributed by atoms with E-state index in [0.29, 0.717) is 12.2 Å². The van der Waals surface area contributed by atoms with Gasteiger partial charge in [-0.1, -0.05) is 6.92 Å². The lowest BCUT2D eigenvalue weighted by Gasteiger charge is -2.21. The molecule has 106 valence electrons. The zero-order valence-electron chi connectivity index (χ0n) is 11.9. The van der Waals surface area contributed by atoms with Gasteiger partial charge in [0.05, 0.1) is 18.6 Å². The van der Waals surface area contributed by atoms with Gasteiger partial charge in [0, 0.05) is 5.92 Å². The summed E-state index contributed by atoms with van der Waals surface area (Å²) >= 11 is 0. The van der Waals surface area contributed by atoms with E-state index in [4.69, 9.17) is 9.47 Å². The average Bonchev–Trinajstić information content (AvgIpc) is 2.30. The molecule has 1 aromatic rings. The van der Waals surface area contributed by atoms with Gasteiger partial charge in [-0.2, -0.15) is 0 Å². The van der Waals surface area contributed by atoms with Crippen LogP contribution in [-0.4, -0.2) is 18.2 Å². The third-order valence-electron chi connectivity index (χ3n) is 2.79. The summed E-state index contributed by atoms with van der Waals surface area (Å²) in [5.41, 5.74) is 0. The zero-order valence-corrected chi connectivity index (χ0v) is 11.9. The Morgan fingerprint density at radius 1 is 1.16 bits per heavy atom. The van der Waals surface area contributed by atoms with Crippen molar-refractivity contribution in [3.63, 3.8) is 0 Å². The van der Waals surface area contributed by atoms with Crippen LogP contribution in [0.3, 0.4) is 0 Å². The molecule has 4 heteroatoms. The van der Waals surface area contributed by atoms with Gasteiger partial charge in [0.1, 0.15) is 11.6 Å². The first kappa shape index (κ1) is 15.5. The molecule has 0 bridgehead atoms. The highest BCUT2D eigenvalue weighted by atomic mass is 19.1. The number of esters is 1. The molecule has 0 spiro atoms. The van der Waals surface area contributed by atoms with Crippen LogP contribution in [-0.2, 0) is 9.53 Å². The summed E-state index contributed by atoms with van der Waals surface area (Å²) in [5, 5.41) is 0. The molecule has 0 fully saturated rings. The minimum atomic E-state index is -0.298. The fourth-order valence-corrected chi connectivity index (χ4v) is 1.58. The Hall–Kier alpha value is -1.58. The molecular weight excluding hydrogens is 247 g/mol. The van der Waals surface area contributed by atoms with E-state index in [1.165, 1.54) is 12.1 Å². The maximum absolute atomic E-state index is 12.8. The third-order valence-corrected chi connectivity index (χ3v) is 2.79. The largest absolute Gasteiger partial charge is 0.490 e. The van der Waals surface area contributed by atoms with Crippen LogP contribution in [0.2, 0.25) is 0 Å². The molecule has 0 saturated heterocycles. The average molecular weight is 268 g/mol. The predicted octanol–water partition coefficient (Wildman–Crippen LogP) is 3.57. The van der Waals surface area contributed by atoms with Crippen molar-refractivity contribution in [2.24, 2.45) is 5.92 Å². The Morgan fingerprint density at radius 2 is 1.74 bits per heavy atom. The number of benzene rings is 1. The van der Waals surface area contributed by atoms with Gasteiger partial charge < -0.3 is 9.47 Å². The second kappa shape index (κ2) is 7.12. The van der Waals surface area contributed by atoms with Crippen molar-refractivity contribution in [1.82, 2.24) is 0 Å². The lowest BCUT2D eigenvalue weighted by Crippen LogP contribution is -2.25. The van der Waals surface area contributed by atoms with Crippen LogP contribution in [0.15, 0.2) is 24.3 Å². The lowest BCUT2D eigenvalue weighted by atomic mass is 10.0. The molecule has 3 nitrogen and oxygen atoms in total. The van der Waals surface area contributed by atoms with E-state index in [1.54, 1.807) is 12.1 Å². The van der Waals surface area contributed by atoms with Crippen LogP contribution in [0.5, 0.6) is 5.75 Å². The molecule has 0 N–H and O–H groups in total. The summed E-state index contributed by atoms with van der Waals surface area (Å²) in [6.45, 7) is 7.45. The zero-order chi connectivity index (χ0) is 14.4. The Bertz CT molecular complexity index is 400. The number of ether oxygens (including phenoxy) is 2. The molecule has 0 aliphatic carbocycles. The first-order valence-corrected chi connectivity index (χ1v) is 6.50. The van der Waals surface area contributed by atoms with E-state index >= 15 is 0 Å². The molecule has 1 aromatic carbocycles. The van der Waals surface area contributed by atoms with Crippen LogP contribution in [0.4, 0.5) is 4.39 Å². The van der Waals surface area contributed by atoms with Crippen molar-refractivity contribution in [1.29, 1.82) is 0 Å². The summed E-state index contributed by atoms with van der Waals surface area (Å²) in [6.07, 6.45) is 0.0544. The summed E-state index contributed by atoms with van der Waals surface area (Å²) in [5.74, 6) is 0.0971. The van der Waals surface area contributed by atoms with Crippen molar-refractivity contribution < 1.29 is 18.7 Å². The van der Waals surface area contributed by atoms with Crippen molar-refractivity contribution in [3.8, 4) is 5.75 Å². The Balaban J connectivity index is 2.46. The molecule has 2 unspecified atom stereocenters. The third kappa shape index (κ3) is 5.73. The van der Waals surface area contributed by atoms with Gasteiger partial charge in [0.25, 0.3) is 0 Å². The van der Waals surface area contributed by atoms with Crippen LogP contribution in [0, 0.1) is 11.7 Å². The van der Waals surface area contributed by atoms with Crippen LogP contribution in [0.1, 0.15) is 34.1 Å². The number of hydrogen-bond acceptors (Lipinski definition) is 3. The van der Waals surface area contributed by atoms with Gasteiger partial charge >= 0.3 is 5.97 Å². The topological polar surface area (TPSA) is 35.5 Å². The van der Waals surface area contributed by atoms with E-state index in [9.17, 15) is 9.18 Å². The van der Waals surface area contributed by atoms with E-state index in [-0.39, 0.29) is 29.9 Å². The summed E-state index contributed by atoms with van der Waals surface area (Å²) in [7, 11) is 0. The molecule has 1 rings (SSSR count). The fraction of sp³-hybridized carbons (Fsp3) is 0.533. The minimum Gasteiger partial charge on any atom is -0.490 e. The molecule has 0 aliphatic heterocycles. The van der Waals surface area contributed by atoms with Crippen molar-refractivity contribution in [2.75, 3.05) is 0 Å². The highest BCUT2D eigenvalue weighted by molar-refractivity contribution is 5.69. The van der Waals surface area contributed by atoms with Gasteiger partial charge in [0.15, 0.2) is 0 Å². The predicted molar refractivity (Wildman–Crippen MR) is 71.5 cm³/mol. The number of halogens is 1. The molecule has 19 heavy (non-hydrogen) atoms. The summed E-state index contributed by atoms with van der Waals surface area (Å²) in [4.78, 5) is 11.5. The van der Waals surface area contributed by atoms with Gasteiger partial charge in [-0.25, -0.2) is 4.39 Å². The Labute approximate surface area is 113 Å². The molecule has 2 atom stereocenters. The fourth-order valence-electron chi connectivity index (χ4n) is 1.58. The number of hydrogen-bond donors (Lipinski definition) is 0. The van der Waals surface area contributed by atoms with Crippen molar-refractivity contribution in [2.45, 2.75) is 46.3 Å². The second-order valence-corrected chi connectivity index (χ2v) is 5.00. The SMILES string of the molecule is CC(C)OC(=O)CC(C)C(C)Oc1ccc(F)cc1. The van der Waals surface area contributed by atoms with E-state index in [0.717, 1.165) is 0 Å². The molecule has 0 heterocycles. The maximum Gasteiger partial charge on any atom is 0.306 e. The van der Waals surface area contributed by atoms with E-state index in [1.807, 2.05) is 27.7 Å². The van der Waals surface area contributed by atoms with E-state index in [2.05, 4.69) is 0 Å². The van der Waals surface area contributed by atoms with Crippen molar-refractivity contribution in [3.05, 3.63) is 30.1 Å². The molecule has 0 radical (unpaired) electrons. The van der Waals surface area contributed by atoms with E-state index < -0.39 is 0 Å². The minimum absolute atomic E-state index is 0.0244. The molecular formula is C15H21FO3. The van der Waals surface area contributed by atoms with Crippen LogP contribution < -0.4 is 4.74 Å². The maximum atomic E-state index is 12.8. The Kier molecular flexibility index (Phi) is 5.80. The quantitative estimate of drug-likeness (QED) is 0.740. The van der Waals surface area contributed by atoms with Crippen LogP contribution >= 0.6 is 0 Å². The monoisotopic (exact) mass is 268 g/mol. The number of rotatable bonds is 6. The first-order valence-electron chi connectivity index (χ1n) is 6.50. The highest BCUT2D eigenvalue weighted by Crippen LogP contribution is 2.18. The van der Waals surface area contributed by atoms with Gasteiger partial charge in [-0.15, -0.1) is 0 Å². The lowest BCUT2D eigenvalue weighted by molar-refractivity contribution is -0.149. The van der Waals surface area contributed by atoms with Gasteiger partial charge in [-0.3, -0.25) is 4.79 Å². The standard InChI is InChI=1S/C15H21FO3/c1-10(2)18-15(17)9-11(3)12(4)19-14-7-5-13(16)6-8-14/h5-8,10-12H,9H2,1-4H3. The smallest absolute Gasteiger partial charge is 0.306 e. The highest BCUT2D eigenvalue weighted by Gasteiger charge is 2.19. The van der Waals surface area contributed by atoms with Gasteiger partial charge in [-0.05, 0) is 45.0 Å². The molecule has 0 amide bonds. The Morgan fingerprint density at radius 3 is 2.26 bits per heavy atom.